The van der Waals surface area contributed by atoms with Gasteiger partial charge in [0.05, 0.1) is 25.7 Å². The van der Waals surface area contributed by atoms with Crippen molar-refractivity contribution in [1.29, 1.82) is 0 Å². The van der Waals surface area contributed by atoms with Crippen LogP contribution in [0.4, 0.5) is 5.69 Å². The molecule has 0 fully saturated rings. The fraction of sp³-hybridized carbons (Fsp3) is 0.350. The fourth-order valence-corrected chi connectivity index (χ4v) is 4.37. The predicted molar refractivity (Wildman–Crippen MR) is 106 cm³/mol. The molecular weight excluding hydrogens is 380 g/mol. The number of aryl methyl sites for hydroxylation is 1. The molecule has 28 heavy (non-hydrogen) atoms. The van der Waals surface area contributed by atoms with Gasteiger partial charge >= 0.3 is 0 Å². The van der Waals surface area contributed by atoms with E-state index in [4.69, 9.17) is 9.47 Å². The summed E-state index contributed by atoms with van der Waals surface area (Å²) in [6.07, 6.45) is 1.68. The molecule has 2 aromatic rings. The lowest BCUT2D eigenvalue weighted by Crippen LogP contribution is -2.43. The van der Waals surface area contributed by atoms with Crippen molar-refractivity contribution in [3.05, 3.63) is 48.0 Å². The Labute approximate surface area is 165 Å². The summed E-state index contributed by atoms with van der Waals surface area (Å²) in [7, 11) is 0.755. The summed E-state index contributed by atoms with van der Waals surface area (Å²) in [5.74, 6) is 1.05. The van der Waals surface area contributed by atoms with E-state index in [2.05, 4.69) is 0 Å². The van der Waals surface area contributed by atoms with E-state index in [0.29, 0.717) is 12.3 Å². The molecule has 0 unspecified atom stereocenters. The molecule has 0 saturated heterocycles. The molecule has 7 nitrogen and oxygen atoms in total. The highest BCUT2D eigenvalue weighted by Gasteiger charge is 2.28. The van der Waals surface area contributed by atoms with Gasteiger partial charge < -0.3 is 14.4 Å². The second-order valence-electron chi connectivity index (χ2n) is 6.58. The topological polar surface area (TPSA) is 76.2 Å². The first-order chi connectivity index (χ1) is 13.4. The molecular formula is C20H24N2O5S. The highest BCUT2D eigenvalue weighted by molar-refractivity contribution is 7.89. The van der Waals surface area contributed by atoms with E-state index in [1.807, 2.05) is 18.2 Å². The van der Waals surface area contributed by atoms with Gasteiger partial charge in [-0.1, -0.05) is 0 Å². The van der Waals surface area contributed by atoms with E-state index in [1.54, 1.807) is 24.1 Å². The highest BCUT2D eigenvalue weighted by Crippen LogP contribution is 2.30. The van der Waals surface area contributed by atoms with Crippen molar-refractivity contribution >= 4 is 21.6 Å². The number of methoxy groups -OCH3 is 2. The van der Waals surface area contributed by atoms with Crippen LogP contribution in [0, 0.1) is 0 Å². The zero-order valence-corrected chi connectivity index (χ0v) is 17.0. The fourth-order valence-electron chi connectivity index (χ4n) is 3.25. The van der Waals surface area contributed by atoms with Crippen molar-refractivity contribution < 1.29 is 22.7 Å². The maximum absolute atomic E-state index is 12.9. The van der Waals surface area contributed by atoms with Crippen LogP contribution in [0.5, 0.6) is 11.5 Å². The Kier molecular flexibility index (Phi) is 5.90. The Hall–Kier alpha value is -2.58. The highest BCUT2D eigenvalue weighted by atomic mass is 32.2. The van der Waals surface area contributed by atoms with E-state index >= 15 is 0 Å². The van der Waals surface area contributed by atoms with Crippen LogP contribution in [0.1, 0.15) is 12.0 Å². The number of benzene rings is 2. The van der Waals surface area contributed by atoms with E-state index in [9.17, 15) is 13.2 Å². The van der Waals surface area contributed by atoms with E-state index in [-0.39, 0.29) is 17.3 Å². The number of nitrogens with zero attached hydrogens (tertiary/aromatic N) is 2. The number of rotatable bonds is 6. The number of sulfonamides is 1. The molecule has 150 valence electrons. The number of hydrogen-bond donors (Lipinski definition) is 0. The third-order valence-corrected chi connectivity index (χ3v) is 6.65. The molecule has 1 aliphatic heterocycles. The van der Waals surface area contributed by atoms with Gasteiger partial charge in [0.15, 0.2) is 0 Å². The Balaban J connectivity index is 1.77. The SMILES string of the molecule is COc1ccc(S(=O)(=O)N(C)CC(=O)N2CCCc3cc(OC)ccc32)cc1. The molecule has 0 N–H and O–H groups in total. The largest absolute Gasteiger partial charge is 0.497 e. The Morgan fingerprint density at radius 3 is 2.36 bits per heavy atom. The second kappa shape index (κ2) is 8.20. The van der Waals surface area contributed by atoms with Gasteiger partial charge in [-0.2, -0.15) is 4.31 Å². The number of carbonyl (C=O) groups excluding carboxylic acids is 1. The van der Waals surface area contributed by atoms with Gasteiger partial charge in [0, 0.05) is 19.3 Å². The number of fused-ring (bicyclic) bond motifs is 1. The van der Waals surface area contributed by atoms with Gasteiger partial charge in [-0.25, -0.2) is 8.42 Å². The van der Waals surface area contributed by atoms with Crippen LogP contribution in [0.2, 0.25) is 0 Å². The van der Waals surface area contributed by atoms with Crippen molar-refractivity contribution in [2.45, 2.75) is 17.7 Å². The van der Waals surface area contributed by atoms with E-state index < -0.39 is 10.0 Å². The van der Waals surface area contributed by atoms with Crippen LogP contribution in [0.25, 0.3) is 0 Å². The van der Waals surface area contributed by atoms with Crippen LogP contribution in [-0.4, -0.2) is 53.0 Å². The number of ether oxygens (including phenoxy) is 2. The van der Waals surface area contributed by atoms with Crippen LogP contribution >= 0.6 is 0 Å². The summed E-state index contributed by atoms with van der Waals surface area (Å²) >= 11 is 0. The van der Waals surface area contributed by atoms with Crippen molar-refractivity contribution in [2.75, 3.05) is 39.3 Å². The smallest absolute Gasteiger partial charge is 0.243 e. The standard InChI is InChI=1S/C20H24N2O5S/c1-21(28(24,25)18-9-6-16(26-2)7-10-18)14-20(23)22-12-4-5-15-13-17(27-3)8-11-19(15)22/h6-11,13H,4-5,12,14H2,1-3H3. The molecule has 0 bridgehead atoms. The van der Waals surface area contributed by atoms with Gasteiger partial charge in [0.2, 0.25) is 15.9 Å². The second-order valence-corrected chi connectivity index (χ2v) is 8.63. The van der Waals surface area contributed by atoms with Crippen molar-refractivity contribution in [3.8, 4) is 11.5 Å². The van der Waals surface area contributed by atoms with Gasteiger partial charge in [0.25, 0.3) is 0 Å². The average Bonchev–Trinajstić information content (AvgIpc) is 2.72. The number of amides is 1. The summed E-state index contributed by atoms with van der Waals surface area (Å²) in [6, 6.07) is 11.7. The molecule has 3 rings (SSSR count). The molecule has 8 heteroatoms. The first-order valence-corrected chi connectivity index (χ1v) is 10.4. The Bertz CT molecular complexity index is 957. The summed E-state index contributed by atoms with van der Waals surface area (Å²) in [6.45, 7) is 0.328. The molecule has 0 radical (unpaired) electrons. The molecule has 0 atom stereocenters. The lowest BCUT2D eigenvalue weighted by molar-refractivity contribution is -0.118. The van der Waals surface area contributed by atoms with Gasteiger partial charge in [-0.3, -0.25) is 4.79 Å². The summed E-state index contributed by atoms with van der Waals surface area (Å²) in [5.41, 5.74) is 1.84. The first kappa shape index (κ1) is 20.2. The zero-order chi connectivity index (χ0) is 20.3. The maximum atomic E-state index is 12.9. The monoisotopic (exact) mass is 404 g/mol. The summed E-state index contributed by atoms with van der Waals surface area (Å²) in [5, 5.41) is 0. The Morgan fingerprint density at radius 1 is 1.07 bits per heavy atom. The molecule has 0 spiro atoms. The number of carbonyl (C=O) groups is 1. The first-order valence-electron chi connectivity index (χ1n) is 8.94. The lowest BCUT2D eigenvalue weighted by atomic mass is 10.0. The number of likely N-dealkylation sites (N-methyl/N-ethyl adjacent to an activating group) is 1. The van der Waals surface area contributed by atoms with E-state index in [0.717, 1.165) is 34.1 Å². The van der Waals surface area contributed by atoms with Crippen molar-refractivity contribution in [1.82, 2.24) is 4.31 Å². The molecule has 0 aromatic heterocycles. The molecule has 1 amide bonds. The number of hydrogen-bond acceptors (Lipinski definition) is 5. The minimum Gasteiger partial charge on any atom is -0.497 e. The zero-order valence-electron chi connectivity index (χ0n) is 16.2. The molecule has 0 saturated carbocycles. The van der Waals surface area contributed by atoms with Crippen molar-refractivity contribution in [3.63, 3.8) is 0 Å². The van der Waals surface area contributed by atoms with Crippen LogP contribution in [0.15, 0.2) is 47.4 Å². The predicted octanol–water partition coefficient (Wildman–Crippen LogP) is 2.30. The maximum Gasteiger partial charge on any atom is 0.243 e. The summed E-state index contributed by atoms with van der Waals surface area (Å²) < 4.78 is 36.9. The molecule has 2 aromatic carbocycles. The van der Waals surface area contributed by atoms with E-state index in [1.165, 1.54) is 26.3 Å². The van der Waals surface area contributed by atoms with Gasteiger partial charge in [-0.05, 0) is 60.9 Å². The minimum atomic E-state index is -3.78. The van der Waals surface area contributed by atoms with Gasteiger partial charge in [0.1, 0.15) is 11.5 Å². The molecule has 1 aliphatic rings. The quantitative estimate of drug-likeness (QED) is 0.738. The molecule has 1 heterocycles. The van der Waals surface area contributed by atoms with Crippen LogP contribution in [0.3, 0.4) is 0 Å². The van der Waals surface area contributed by atoms with Crippen LogP contribution < -0.4 is 14.4 Å². The summed E-state index contributed by atoms with van der Waals surface area (Å²) in [4.78, 5) is 14.6. The third kappa shape index (κ3) is 3.98. The third-order valence-electron chi connectivity index (χ3n) is 4.83. The average molecular weight is 404 g/mol. The Morgan fingerprint density at radius 2 is 1.71 bits per heavy atom. The normalized spacial score (nSPS) is 13.9. The minimum absolute atomic E-state index is 0.118. The van der Waals surface area contributed by atoms with Gasteiger partial charge in [-0.15, -0.1) is 0 Å². The van der Waals surface area contributed by atoms with Crippen LogP contribution in [-0.2, 0) is 21.2 Å². The van der Waals surface area contributed by atoms with Crippen molar-refractivity contribution in [2.24, 2.45) is 0 Å². The molecule has 0 aliphatic carbocycles. The lowest BCUT2D eigenvalue weighted by Gasteiger charge is -2.31. The number of anilines is 1.